The quantitative estimate of drug-likeness (QED) is 0.912. The lowest BCUT2D eigenvalue weighted by Crippen LogP contribution is -2.42. The van der Waals surface area contributed by atoms with Crippen molar-refractivity contribution in [3.63, 3.8) is 0 Å². The van der Waals surface area contributed by atoms with Gasteiger partial charge in [-0.3, -0.25) is 4.79 Å². The number of amides is 1. The second-order valence-corrected chi connectivity index (χ2v) is 5.76. The molecule has 0 radical (unpaired) electrons. The van der Waals surface area contributed by atoms with Crippen molar-refractivity contribution in [1.29, 1.82) is 0 Å². The Morgan fingerprint density at radius 1 is 1.25 bits per heavy atom. The number of carbonyl (C=O) groups is 1. The van der Waals surface area contributed by atoms with Gasteiger partial charge in [-0.1, -0.05) is 18.2 Å². The normalized spacial score (nSPS) is 17.5. The summed E-state index contributed by atoms with van der Waals surface area (Å²) in [6.45, 7) is 7.75. The van der Waals surface area contributed by atoms with Crippen molar-refractivity contribution in [3.8, 4) is 0 Å². The lowest BCUT2D eigenvalue weighted by Gasteiger charge is -2.34. The SMILES string of the molecule is Cc1cccc(C)c1C(=O)N1CCC(C(C)N)CC1.Cl. The van der Waals surface area contributed by atoms with Gasteiger partial charge in [-0.15, -0.1) is 12.4 Å². The summed E-state index contributed by atoms with van der Waals surface area (Å²) in [6.07, 6.45) is 2.04. The smallest absolute Gasteiger partial charge is 0.254 e. The van der Waals surface area contributed by atoms with Crippen LogP contribution in [0.4, 0.5) is 0 Å². The first-order valence-corrected chi connectivity index (χ1v) is 7.11. The molecule has 1 unspecified atom stereocenters. The van der Waals surface area contributed by atoms with Gasteiger partial charge in [-0.25, -0.2) is 0 Å². The Kier molecular flexibility index (Phi) is 6.03. The molecule has 2 rings (SSSR count). The third-order valence-electron chi connectivity index (χ3n) is 4.27. The number of aryl methyl sites for hydroxylation is 2. The monoisotopic (exact) mass is 296 g/mol. The van der Waals surface area contributed by atoms with E-state index in [0.717, 1.165) is 42.6 Å². The van der Waals surface area contributed by atoms with Crippen LogP contribution in [0.1, 0.15) is 41.3 Å². The molecule has 0 aliphatic carbocycles. The van der Waals surface area contributed by atoms with Gasteiger partial charge in [-0.05, 0) is 50.7 Å². The van der Waals surface area contributed by atoms with E-state index in [-0.39, 0.29) is 24.4 Å². The van der Waals surface area contributed by atoms with Crippen molar-refractivity contribution < 1.29 is 4.79 Å². The molecule has 1 atom stereocenters. The summed E-state index contributed by atoms with van der Waals surface area (Å²) >= 11 is 0. The van der Waals surface area contributed by atoms with Crippen LogP contribution in [0.3, 0.4) is 0 Å². The summed E-state index contributed by atoms with van der Waals surface area (Å²) in [4.78, 5) is 14.6. The van der Waals surface area contributed by atoms with Crippen molar-refractivity contribution >= 4 is 18.3 Å². The summed E-state index contributed by atoms with van der Waals surface area (Å²) in [7, 11) is 0. The number of hydrogen-bond acceptors (Lipinski definition) is 2. The molecule has 0 bridgehead atoms. The fourth-order valence-corrected chi connectivity index (χ4v) is 2.94. The van der Waals surface area contributed by atoms with Crippen LogP contribution in [0.2, 0.25) is 0 Å². The zero-order chi connectivity index (χ0) is 14.0. The van der Waals surface area contributed by atoms with Crippen LogP contribution in [-0.2, 0) is 0 Å². The Morgan fingerprint density at radius 2 is 1.75 bits per heavy atom. The molecule has 1 aromatic rings. The summed E-state index contributed by atoms with van der Waals surface area (Å²) in [5.74, 6) is 0.737. The molecule has 4 heteroatoms. The first kappa shape index (κ1) is 17.0. The minimum atomic E-state index is 0. The van der Waals surface area contributed by atoms with E-state index in [1.807, 2.05) is 36.9 Å². The molecule has 1 aliphatic rings. The molecule has 0 aromatic heterocycles. The number of rotatable bonds is 2. The number of likely N-dealkylation sites (tertiary alicyclic amines) is 1. The molecule has 112 valence electrons. The van der Waals surface area contributed by atoms with Crippen molar-refractivity contribution in [2.45, 2.75) is 39.7 Å². The predicted molar refractivity (Wildman–Crippen MR) is 85.4 cm³/mol. The third-order valence-corrected chi connectivity index (χ3v) is 4.27. The molecule has 1 fully saturated rings. The summed E-state index contributed by atoms with van der Waals surface area (Å²) in [6, 6.07) is 6.26. The van der Waals surface area contributed by atoms with Crippen LogP contribution in [0.15, 0.2) is 18.2 Å². The first-order valence-electron chi connectivity index (χ1n) is 7.11. The second kappa shape index (κ2) is 7.09. The van der Waals surface area contributed by atoms with Gasteiger partial charge in [0.25, 0.3) is 5.91 Å². The highest BCUT2D eigenvalue weighted by molar-refractivity contribution is 5.97. The lowest BCUT2D eigenvalue weighted by atomic mass is 9.90. The zero-order valence-corrected chi connectivity index (χ0v) is 13.4. The number of nitrogens with two attached hydrogens (primary N) is 1. The Hall–Kier alpha value is -1.06. The van der Waals surface area contributed by atoms with E-state index >= 15 is 0 Å². The zero-order valence-electron chi connectivity index (χ0n) is 12.6. The average molecular weight is 297 g/mol. The number of halogens is 1. The standard InChI is InChI=1S/C16H24N2O.ClH/c1-11-5-4-6-12(2)15(11)16(19)18-9-7-14(8-10-18)13(3)17;/h4-6,13-14H,7-10,17H2,1-3H3;1H. The third kappa shape index (κ3) is 3.53. The highest BCUT2D eigenvalue weighted by Crippen LogP contribution is 2.23. The summed E-state index contributed by atoms with van der Waals surface area (Å²) in [5.41, 5.74) is 8.96. The second-order valence-electron chi connectivity index (χ2n) is 5.76. The molecule has 0 saturated carbocycles. The Bertz CT molecular complexity index is 445. The molecule has 1 amide bonds. The topological polar surface area (TPSA) is 46.3 Å². The lowest BCUT2D eigenvalue weighted by molar-refractivity contribution is 0.0679. The molecular formula is C16H25ClN2O. The van der Waals surface area contributed by atoms with E-state index in [1.54, 1.807) is 0 Å². The maximum absolute atomic E-state index is 12.6. The van der Waals surface area contributed by atoms with Gasteiger partial charge in [0, 0.05) is 24.7 Å². The van der Waals surface area contributed by atoms with E-state index in [9.17, 15) is 4.79 Å². The minimum absolute atomic E-state index is 0. The van der Waals surface area contributed by atoms with E-state index < -0.39 is 0 Å². The van der Waals surface area contributed by atoms with Crippen molar-refractivity contribution in [2.75, 3.05) is 13.1 Å². The van der Waals surface area contributed by atoms with Gasteiger partial charge in [0.1, 0.15) is 0 Å². The van der Waals surface area contributed by atoms with Crippen LogP contribution in [0.25, 0.3) is 0 Å². The van der Waals surface area contributed by atoms with E-state index in [4.69, 9.17) is 5.73 Å². The summed E-state index contributed by atoms with van der Waals surface area (Å²) < 4.78 is 0. The fourth-order valence-electron chi connectivity index (χ4n) is 2.94. The number of hydrogen-bond donors (Lipinski definition) is 1. The predicted octanol–water partition coefficient (Wildman–Crippen LogP) is 2.92. The van der Waals surface area contributed by atoms with Gasteiger partial charge in [0.15, 0.2) is 0 Å². The van der Waals surface area contributed by atoms with Crippen LogP contribution in [0, 0.1) is 19.8 Å². The Labute approximate surface area is 127 Å². The van der Waals surface area contributed by atoms with Gasteiger partial charge >= 0.3 is 0 Å². The number of nitrogens with zero attached hydrogens (tertiary/aromatic N) is 1. The Morgan fingerprint density at radius 3 is 2.20 bits per heavy atom. The van der Waals surface area contributed by atoms with Crippen LogP contribution < -0.4 is 5.73 Å². The largest absolute Gasteiger partial charge is 0.339 e. The van der Waals surface area contributed by atoms with Crippen LogP contribution in [0.5, 0.6) is 0 Å². The molecule has 1 heterocycles. The fraction of sp³-hybridized carbons (Fsp3) is 0.562. The van der Waals surface area contributed by atoms with E-state index in [0.29, 0.717) is 5.92 Å². The first-order chi connectivity index (χ1) is 9.00. The van der Waals surface area contributed by atoms with Gasteiger partial charge in [0.2, 0.25) is 0 Å². The van der Waals surface area contributed by atoms with Crippen LogP contribution in [-0.4, -0.2) is 29.9 Å². The van der Waals surface area contributed by atoms with Crippen molar-refractivity contribution in [1.82, 2.24) is 4.90 Å². The molecule has 1 aliphatic heterocycles. The molecule has 0 spiro atoms. The molecular weight excluding hydrogens is 272 g/mol. The van der Waals surface area contributed by atoms with E-state index in [2.05, 4.69) is 6.92 Å². The van der Waals surface area contributed by atoms with Crippen molar-refractivity contribution in [3.05, 3.63) is 34.9 Å². The Balaban J connectivity index is 0.00000200. The van der Waals surface area contributed by atoms with Gasteiger partial charge < -0.3 is 10.6 Å². The average Bonchev–Trinajstić information content (AvgIpc) is 2.38. The molecule has 1 saturated heterocycles. The minimum Gasteiger partial charge on any atom is -0.339 e. The van der Waals surface area contributed by atoms with Crippen LogP contribution >= 0.6 is 12.4 Å². The molecule has 1 aromatic carbocycles. The number of benzene rings is 1. The van der Waals surface area contributed by atoms with Crippen molar-refractivity contribution in [2.24, 2.45) is 11.7 Å². The molecule has 2 N–H and O–H groups in total. The maximum Gasteiger partial charge on any atom is 0.254 e. The van der Waals surface area contributed by atoms with Gasteiger partial charge in [-0.2, -0.15) is 0 Å². The highest BCUT2D eigenvalue weighted by Gasteiger charge is 2.26. The number of carbonyl (C=O) groups excluding carboxylic acids is 1. The molecule has 3 nitrogen and oxygen atoms in total. The highest BCUT2D eigenvalue weighted by atomic mass is 35.5. The number of piperidine rings is 1. The summed E-state index contributed by atoms with van der Waals surface area (Å²) in [5, 5.41) is 0. The molecule has 20 heavy (non-hydrogen) atoms. The maximum atomic E-state index is 12.6. The van der Waals surface area contributed by atoms with E-state index in [1.165, 1.54) is 0 Å². The van der Waals surface area contributed by atoms with Gasteiger partial charge in [0.05, 0.1) is 0 Å².